The molecule has 0 aromatic carbocycles. The Morgan fingerprint density at radius 3 is 2.52 bits per heavy atom. The normalized spacial score (nSPS) is 10.8. The molecule has 11 nitrogen and oxygen atoms in total. The first-order chi connectivity index (χ1) is 11.8. The number of aromatic amines is 1. The number of anilines is 3. The van der Waals surface area contributed by atoms with Crippen molar-refractivity contribution < 1.29 is 9.53 Å². The van der Waals surface area contributed by atoms with E-state index in [9.17, 15) is 14.4 Å². The Balaban J connectivity index is 2.26. The molecule has 0 aliphatic rings. The van der Waals surface area contributed by atoms with Crippen molar-refractivity contribution in [3.8, 4) is 0 Å². The van der Waals surface area contributed by atoms with Crippen LogP contribution in [-0.2, 0) is 11.3 Å². The molecule has 0 atom stereocenters. The van der Waals surface area contributed by atoms with E-state index in [1.54, 1.807) is 0 Å². The van der Waals surface area contributed by atoms with Crippen molar-refractivity contribution in [1.29, 1.82) is 0 Å². The Morgan fingerprint density at radius 2 is 1.92 bits per heavy atom. The van der Waals surface area contributed by atoms with Crippen LogP contribution in [0, 0.1) is 0 Å². The van der Waals surface area contributed by atoms with Gasteiger partial charge in [-0.1, -0.05) is 11.8 Å². The van der Waals surface area contributed by atoms with Gasteiger partial charge in [0.2, 0.25) is 0 Å². The van der Waals surface area contributed by atoms with Gasteiger partial charge in [-0.3, -0.25) is 19.1 Å². The average Bonchev–Trinajstić information content (AvgIpc) is 2.51. The molecule has 0 bridgehead atoms. The van der Waals surface area contributed by atoms with Crippen LogP contribution < -0.4 is 28.5 Å². The van der Waals surface area contributed by atoms with Gasteiger partial charge in [0.15, 0.2) is 10.9 Å². The number of aromatic nitrogens is 4. The number of ketones is 1. The van der Waals surface area contributed by atoms with E-state index < -0.39 is 17.0 Å². The van der Waals surface area contributed by atoms with Crippen molar-refractivity contribution in [3.63, 3.8) is 0 Å². The lowest BCUT2D eigenvalue weighted by Gasteiger charge is -2.11. The summed E-state index contributed by atoms with van der Waals surface area (Å²) >= 11 is 0.945. The standard InChI is InChI=1S/C13H17N7O4S/c1-24-3-2-20-10(16)9(11(22)19-13(20)23)6(21)5-25-12-17-7(14)4-8(15)18-12/h4H,2-3,5,16H2,1H3,(H,19,22,23)(H4,14,15,17,18). The van der Waals surface area contributed by atoms with Gasteiger partial charge in [0.05, 0.1) is 18.9 Å². The number of ether oxygens (including phenoxy) is 1. The molecule has 0 aliphatic heterocycles. The lowest BCUT2D eigenvalue weighted by Crippen LogP contribution is -2.37. The lowest BCUT2D eigenvalue weighted by atomic mass is 10.2. The van der Waals surface area contributed by atoms with E-state index in [0.29, 0.717) is 0 Å². The number of Topliss-reactive ketones (excluding diaryl/α,β-unsaturated/α-hetero) is 1. The van der Waals surface area contributed by atoms with Crippen LogP contribution in [0.5, 0.6) is 0 Å². The zero-order valence-electron chi connectivity index (χ0n) is 13.3. The summed E-state index contributed by atoms with van der Waals surface area (Å²) in [6, 6.07) is 1.38. The Kier molecular flexibility index (Phi) is 5.77. The van der Waals surface area contributed by atoms with Gasteiger partial charge in [0, 0.05) is 13.2 Å². The number of hydrogen-bond acceptors (Lipinski definition) is 10. The van der Waals surface area contributed by atoms with Crippen LogP contribution in [0.4, 0.5) is 17.5 Å². The Bertz CT molecular complexity index is 888. The maximum absolute atomic E-state index is 12.4. The number of nitrogens with two attached hydrogens (primary N) is 3. The largest absolute Gasteiger partial charge is 0.384 e. The van der Waals surface area contributed by atoms with E-state index in [1.165, 1.54) is 13.2 Å². The predicted molar refractivity (Wildman–Crippen MR) is 93.5 cm³/mol. The number of thioether (sulfide) groups is 1. The molecule has 2 aromatic heterocycles. The van der Waals surface area contributed by atoms with E-state index in [1.807, 2.05) is 0 Å². The number of nitrogens with one attached hydrogen (secondary N) is 1. The second-order valence-corrected chi connectivity index (χ2v) is 5.82. The van der Waals surface area contributed by atoms with Crippen molar-refractivity contribution in [2.24, 2.45) is 0 Å². The first-order valence-electron chi connectivity index (χ1n) is 7.01. The predicted octanol–water partition coefficient (Wildman–Crippen LogP) is -1.31. The number of carbonyl (C=O) groups excluding carboxylic acids is 1. The summed E-state index contributed by atoms with van der Waals surface area (Å²) < 4.78 is 5.94. The number of methoxy groups -OCH3 is 1. The molecule has 0 radical (unpaired) electrons. The van der Waals surface area contributed by atoms with Crippen LogP contribution in [0.3, 0.4) is 0 Å². The molecule has 0 amide bonds. The molecule has 134 valence electrons. The Labute approximate surface area is 145 Å². The van der Waals surface area contributed by atoms with Gasteiger partial charge in [0.25, 0.3) is 5.56 Å². The van der Waals surface area contributed by atoms with E-state index >= 15 is 0 Å². The summed E-state index contributed by atoms with van der Waals surface area (Å²) in [7, 11) is 1.45. The third-order valence-corrected chi connectivity index (χ3v) is 3.96. The van der Waals surface area contributed by atoms with Gasteiger partial charge in [-0.25, -0.2) is 14.8 Å². The van der Waals surface area contributed by atoms with Crippen molar-refractivity contribution in [1.82, 2.24) is 19.5 Å². The monoisotopic (exact) mass is 367 g/mol. The summed E-state index contributed by atoms with van der Waals surface area (Å²) in [5, 5.41) is 0.188. The van der Waals surface area contributed by atoms with Gasteiger partial charge >= 0.3 is 5.69 Å². The molecule has 0 aliphatic carbocycles. The minimum Gasteiger partial charge on any atom is -0.384 e. The van der Waals surface area contributed by atoms with E-state index in [-0.39, 0.29) is 47.1 Å². The van der Waals surface area contributed by atoms with Crippen LogP contribution in [0.2, 0.25) is 0 Å². The maximum atomic E-state index is 12.4. The second kappa shape index (κ2) is 7.81. The average molecular weight is 367 g/mol. The molecule has 2 rings (SSSR count). The third-order valence-electron chi connectivity index (χ3n) is 3.12. The number of rotatable bonds is 7. The molecular weight excluding hydrogens is 350 g/mol. The van der Waals surface area contributed by atoms with Gasteiger partial charge in [-0.15, -0.1) is 0 Å². The molecule has 0 fully saturated rings. The molecule has 0 unspecified atom stereocenters. The first kappa shape index (κ1) is 18.5. The van der Waals surface area contributed by atoms with Gasteiger partial charge in [0.1, 0.15) is 23.0 Å². The molecule has 0 saturated heterocycles. The fourth-order valence-corrected chi connectivity index (χ4v) is 2.74. The molecule has 0 spiro atoms. The SMILES string of the molecule is COCCn1c(N)c(C(=O)CSc2nc(N)cc(N)n2)c(=O)[nH]c1=O. The Morgan fingerprint density at radius 1 is 1.28 bits per heavy atom. The number of nitrogens with zero attached hydrogens (tertiary/aromatic N) is 3. The molecule has 0 saturated carbocycles. The van der Waals surface area contributed by atoms with Crippen LogP contribution in [0.25, 0.3) is 0 Å². The maximum Gasteiger partial charge on any atom is 0.330 e. The summed E-state index contributed by atoms with van der Waals surface area (Å²) in [4.78, 5) is 46.1. The topological polar surface area (TPSA) is 185 Å². The quantitative estimate of drug-likeness (QED) is 0.260. The summed E-state index contributed by atoms with van der Waals surface area (Å²) in [5.74, 6) is -0.664. The lowest BCUT2D eigenvalue weighted by molar-refractivity contribution is 0.102. The molecule has 7 N–H and O–H groups in total. The van der Waals surface area contributed by atoms with E-state index in [0.717, 1.165) is 16.3 Å². The summed E-state index contributed by atoms with van der Waals surface area (Å²) in [6.45, 7) is 0.287. The molecule has 25 heavy (non-hydrogen) atoms. The van der Waals surface area contributed by atoms with Crippen molar-refractivity contribution in [3.05, 3.63) is 32.5 Å². The van der Waals surface area contributed by atoms with Gasteiger partial charge < -0.3 is 21.9 Å². The van der Waals surface area contributed by atoms with Crippen molar-refractivity contribution in [2.45, 2.75) is 11.7 Å². The van der Waals surface area contributed by atoms with Gasteiger partial charge in [-0.2, -0.15) is 0 Å². The summed E-state index contributed by atoms with van der Waals surface area (Å²) in [5.41, 5.74) is 15.1. The van der Waals surface area contributed by atoms with Crippen molar-refractivity contribution in [2.75, 3.05) is 36.7 Å². The fourth-order valence-electron chi connectivity index (χ4n) is 1.99. The van der Waals surface area contributed by atoms with Crippen molar-refractivity contribution >= 4 is 35.0 Å². The van der Waals surface area contributed by atoms with Crippen LogP contribution in [0.15, 0.2) is 20.8 Å². The third kappa shape index (κ3) is 4.36. The zero-order valence-corrected chi connectivity index (χ0v) is 14.1. The minimum absolute atomic E-state index is 0.0975. The number of carbonyl (C=O) groups is 1. The molecule has 2 aromatic rings. The highest BCUT2D eigenvalue weighted by Crippen LogP contribution is 2.18. The van der Waals surface area contributed by atoms with E-state index in [2.05, 4.69) is 15.0 Å². The highest BCUT2D eigenvalue weighted by molar-refractivity contribution is 7.99. The van der Waals surface area contributed by atoms with Crippen LogP contribution in [-0.4, -0.2) is 44.8 Å². The number of hydrogen-bond donors (Lipinski definition) is 4. The summed E-state index contributed by atoms with van der Waals surface area (Å²) in [6.07, 6.45) is 0. The van der Waals surface area contributed by atoms with E-state index in [4.69, 9.17) is 21.9 Å². The molecule has 2 heterocycles. The number of H-pyrrole nitrogens is 1. The van der Waals surface area contributed by atoms with Crippen LogP contribution >= 0.6 is 11.8 Å². The first-order valence-corrected chi connectivity index (χ1v) is 7.99. The smallest absolute Gasteiger partial charge is 0.330 e. The zero-order chi connectivity index (χ0) is 18.6. The fraction of sp³-hybridized carbons (Fsp3) is 0.308. The van der Waals surface area contributed by atoms with Gasteiger partial charge in [-0.05, 0) is 0 Å². The second-order valence-electron chi connectivity index (χ2n) is 4.88. The Hall–Kier alpha value is -2.86. The number of nitrogen functional groups attached to an aromatic ring is 3. The minimum atomic E-state index is -0.852. The molecular formula is C13H17N7O4S. The van der Waals surface area contributed by atoms with Crippen LogP contribution in [0.1, 0.15) is 10.4 Å². The highest BCUT2D eigenvalue weighted by Gasteiger charge is 2.20. The highest BCUT2D eigenvalue weighted by atomic mass is 32.2. The molecule has 12 heteroatoms.